The zero-order chi connectivity index (χ0) is 12.2. The molecule has 0 N–H and O–H groups in total. The summed E-state index contributed by atoms with van der Waals surface area (Å²) in [6.45, 7) is 0.830. The number of carbonyl (C=O) groups excluding carboxylic acids is 1. The van der Waals surface area contributed by atoms with Crippen LogP contribution in [-0.4, -0.2) is 45.1 Å². The Labute approximate surface area is 120 Å². The van der Waals surface area contributed by atoms with Crippen LogP contribution in [0.1, 0.15) is 16.8 Å². The third-order valence-corrected chi connectivity index (χ3v) is 2.42. The van der Waals surface area contributed by atoms with Crippen molar-refractivity contribution in [3.63, 3.8) is 0 Å². The predicted molar refractivity (Wildman–Crippen MR) is 64.8 cm³/mol. The summed E-state index contributed by atoms with van der Waals surface area (Å²) >= 11 is 0. The van der Waals surface area contributed by atoms with Gasteiger partial charge in [0.25, 0.3) is 0 Å². The lowest BCUT2D eigenvalue weighted by Crippen LogP contribution is -3.00. The summed E-state index contributed by atoms with van der Waals surface area (Å²) < 4.78 is 5.97. The maximum Gasteiger partial charge on any atom is 0.172 e. The first kappa shape index (κ1) is 16.4. The minimum absolute atomic E-state index is 0. The minimum atomic E-state index is 0. The van der Waals surface area contributed by atoms with Gasteiger partial charge in [-0.05, 0) is 12.1 Å². The lowest BCUT2D eigenvalue weighted by Gasteiger charge is -2.23. The molecule has 0 bridgehead atoms. The predicted octanol–water partition coefficient (Wildman–Crippen LogP) is -1.02. The average molecular weight is 349 g/mol. The summed E-state index contributed by atoms with van der Waals surface area (Å²) in [6.07, 6.45) is 0.546. The number of hydrogen-bond acceptors (Lipinski definition) is 2. The number of Topliss-reactive ketones (excluding diaryl/α,β-unsaturated/α-hetero) is 1. The molecular formula is C13H20INO2. The van der Waals surface area contributed by atoms with E-state index < -0.39 is 0 Å². The van der Waals surface area contributed by atoms with E-state index in [-0.39, 0.29) is 29.8 Å². The van der Waals surface area contributed by atoms with Crippen LogP contribution in [0.5, 0.6) is 5.75 Å². The quantitative estimate of drug-likeness (QED) is 0.387. The van der Waals surface area contributed by atoms with Gasteiger partial charge in [-0.15, -0.1) is 0 Å². The number of para-hydroxylation sites is 1. The standard InChI is InChI=1S/C13H20NO2.HI/c1-14(2,3)10-9-12(15)11-7-5-6-8-13(11)16-4;/h5-8H,9-10H2,1-4H3;1H/q+1;/p-1. The van der Waals surface area contributed by atoms with Gasteiger partial charge in [-0.1, -0.05) is 12.1 Å². The summed E-state index contributed by atoms with van der Waals surface area (Å²) in [5.41, 5.74) is 0.679. The van der Waals surface area contributed by atoms with Crippen LogP contribution in [-0.2, 0) is 0 Å². The van der Waals surface area contributed by atoms with Crippen molar-refractivity contribution in [2.75, 3.05) is 34.8 Å². The van der Waals surface area contributed by atoms with Gasteiger partial charge in [-0.25, -0.2) is 0 Å². The minimum Gasteiger partial charge on any atom is -1.00 e. The highest BCUT2D eigenvalue weighted by Gasteiger charge is 2.15. The second kappa shape index (κ2) is 6.96. The number of methoxy groups -OCH3 is 1. The van der Waals surface area contributed by atoms with E-state index in [1.807, 2.05) is 24.3 Å². The van der Waals surface area contributed by atoms with Gasteiger partial charge in [0.05, 0.1) is 46.8 Å². The van der Waals surface area contributed by atoms with Crippen molar-refractivity contribution < 1.29 is 38.0 Å². The molecule has 1 rings (SSSR count). The summed E-state index contributed by atoms with van der Waals surface area (Å²) in [7, 11) is 7.83. The van der Waals surface area contributed by atoms with Gasteiger partial charge in [0.15, 0.2) is 5.78 Å². The molecule has 96 valence electrons. The van der Waals surface area contributed by atoms with Gasteiger partial charge >= 0.3 is 0 Å². The normalized spacial score (nSPS) is 10.6. The van der Waals surface area contributed by atoms with Crippen LogP contribution in [0, 0.1) is 0 Å². The fourth-order valence-corrected chi connectivity index (χ4v) is 1.45. The Morgan fingerprint density at radius 3 is 2.35 bits per heavy atom. The van der Waals surface area contributed by atoms with Gasteiger partial charge in [-0.3, -0.25) is 4.79 Å². The molecule has 17 heavy (non-hydrogen) atoms. The van der Waals surface area contributed by atoms with Gasteiger partial charge in [0, 0.05) is 0 Å². The molecule has 0 aliphatic carbocycles. The second-order valence-electron chi connectivity index (χ2n) is 4.89. The Morgan fingerprint density at radius 1 is 1.24 bits per heavy atom. The highest BCUT2D eigenvalue weighted by molar-refractivity contribution is 5.98. The van der Waals surface area contributed by atoms with E-state index in [0.717, 1.165) is 11.0 Å². The molecule has 0 aliphatic rings. The molecule has 0 aromatic heterocycles. The molecule has 3 nitrogen and oxygen atoms in total. The number of hydrogen-bond donors (Lipinski definition) is 0. The van der Waals surface area contributed by atoms with E-state index >= 15 is 0 Å². The first-order valence-electron chi connectivity index (χ1n) is 5.41. The molecule has 0 aliphatic heterocycles. The number of quaternary nitrogens is 1. The van der Waals surface area contributed by atoms with E-state index in [2.05, 4.69) is 21.1 Å². The molecule has 0 spiro atoms. The van der Waals surface area contributed by atoms with Crippen LogP contribution in [0.2, 0.25) is 0 Å². The first-order valence-corrected chi connectivity index (χ1v) is 5.41. The fraction of sp³-hybridized carbons (Fsp3) is 0.462. The van der Waals surface area contributed by atoms with Crippen LogP contribution in [0.3, 0.4) is 0 Å². The molecule has 0 saturated heterocycles. The number of ether oxygens (including phenoxy) is 1. The van der Waals surface area contributed by atoms with Gasteiger partial charge in [-0.2, -0.15) is 0 Å². The van der Waals surface area contributed by atoms with E-state index in [1.54, 1.807) is 7.11 Å². The Bertz CT molecular complexity index is 372. The summed E-state index contributed by atoms with van der Waals surface area (Å²) in [6, 6.07) is 7.37. The zero-order valence-electron chi connectivity index (χ0n) is 10.9. The van der Waals surface area contributed by atoms with Crippen molar-refractivity contribution in [2.24, 2.45) is 0 Å². The summed E-state index contributed by atoms with van der Waals surface area (Å²) in [5, 5.41) is 0. The van der Waals surface area contributed by atoms with E-state index in [4.69, 9.17) is 4.74 Å². The van der Waals surface area contributed by atoms with E-state index in [9.17, 15) is 4.79 Å². The van der Waals surface area contributed by atoms with E-state index in [1.165, 1.54) is 0 Å². The maximum atomic E-state index is 12.0. The Hall–Kier alpha value is -0.620. The van der Waals surface area contributed by atoms with Crippen molar-refractivity contribution in [3.05, 3.63) is 29.8 Å². The average Bonchev–Trinajstić information content (AvgIpc) is 2.25. The smallest absolute Gasteiger partial charge is 0.172 e. The van der Waals surface area contributed by atoms with Crippen molar-refractivity contribution in [1.29, 1.82) is 0 Å². The molecule has 4 heteroatoms. The van der Waals surface area contributed by atoms with Crippen LogP contribution < -0.4 is 28.7 Å². The SMILES string of the molecule is COc1ccccc1C(=O)CC[N+](C)(C)C.[I-]. The van der Waals surface area contributed by atoms with Crippen molar-refractivity contribution >= 4 is 5.78 Å². The molecule has 1 aromatic rings. The lowest BCUT2D eigenvalue weighted by atomic mass is 10.1. The molecule has 0 unspecified atom stereocenters. The molecule has 1 aromatic carbocycles. The maximum absolute atomic E-state index is 12.0. The topological polar surface area (TPSA) is 26.3 Å². The Kier molecular flexibility index (Phi) is 6.70. The molecule has 0 saturated carbocycles. The summed E-state index contributed by atoms with van der Waals surface area (Å²) in [4.78, 5) is 12.0. The third-order valence-electron chi connectivity index (χ3n) is 2.42. The monoisotopic (exact) mass is 349 g/mol. The number of nitrogens with zero attached hydrogens (tertiary/aromatic N) is 1. The number of ketones is 1. The van der Waals surface area contributed by atoms with Crippen LogP contribution >= 0.6 is 0 Å². The highest BCUT2D eigenvalue weighted by atomic mass is 127. The molecule has 0 radical (unpaired) electrons. The van der Waals surface area contributed by atoms with Crippen LogP contribution in [0.25, 0.3) is 0 Å². The molecular weight excluding hydrogens is 329 g/mol. The number of rotatable bonds is 5. The van der Waals surface area contributed by atoms with E-state index in [0.29, 0.717) is 17.7 Å². The zero-order valence-corrected chi connectivity index (χ0v) is 13.0. The van der Waals surface area contributed by atoms with Crippen LogP contribution in [0.4, 0.5) is 0 Å². The number of halogens is 1. The van der Waals surface area contributed by atoms with Gasteiger partial charge in [0.2, 0.25) is 0 Å². The molecule has 0 fully saturated rings. The first-order chi connectivity index (χ1) is 7.44. The fourth-order valence-electron chi connectivity index (χ4n) is 1.45. The summed E-state index contributed by atoms with van der Waals surface area (Å²) in [5.74, 6) is 0.805. The number of benzene rings is 1. The third kappa shape index (κ3) is 5.50. The molecule has 0 heterocycles. The molecule has 0 amide bonds. The number of carbonyl (C=O) groups is 1. The highest BCUT2D eigenvalue weighted by Crippen LogP contribution is 2.19. The second-order valence-corrected chi connectivity index (χ2v) is 4.89. The molecule has 0 atom stereocenters. The Balaban J connectivity index is 0.00000256. The van der Waals surface area contributed by atoms with Crippen molar-refractivity contribution in [2.45, 2.75) is 6.42 Å². The van der Waals surface area contributed by atoms with Crippen molar-refractivity contribution in [1.82, 2.24) is 0 Å². The Morgan fingerprint density at radius 2 is 1.82 bits per heavy atom. The van der Waals surface area contributed by atoms with Crippen molar-refractivity contribution in [3.8, 4) is 5.75 Å². The largest absolute Gasteiger partial charge is 1.00 e. The van der Waals surface area contributed by atoms with Crippen LogP contribution in [0.15, 0.2) is 24.3 Å². The lowest BCUT2D eigenvalue weighted by molar-refractivity contribution is -0.869. The van der Waals surface area contributed by atoms with Gasteiger partial charge in [0.1, 0.15) is 5.75 Å². The van der Waals surface area contributed by atoms with Gasteiger partial charge < -0.3 is 33.2 Å².